The van der Waals surface area contributed by atoms with Gasteiger partial charge in [-0.15, -0.1) is 0 Å². The SMILES string of the molecule is CCn1c(C(C)N)nc2cc(C(F)(F)F)ccc21. The van der Waals surface area contributed by atoms with Gasteiger partial charge in [0.25, 0.3) is 0 Å². The predicted molar refractivity (Wildman–Crippen MR) is 63.0 cm³/mol. The van der Waals surface area contributed by atoms with Crippen LogP contribution in [-0.4, -0.2) is 9.55 Å². The standard InChI is InChI=1S/C12H14F3N3/c1-3-18-10-5-4-8(12(13,14)15)6-9(10)17-11(18)7(2)16/h4-7H,3,16H2,1-2H3. The molecule has 0 bridgehead atoms. The maximum absolute atomic E-state index is 12.6. The lowest BCUT2D eigenvalue weighted by Gasteiger charge is -2.09. The van der Waals surface area contributed by atoms with E-state index >= 15 is 0 Å². The number of rotatable bonds is 2. The van der Waals surface area contributed by atoms with Crippen molar-refractivity contribution in [3.63, 3.8) is 0 Å². The van der Waals surface area contributed by atoms with Crippen molar-refractivity contribution in [3.05, 3.63) is 29.6 Å². The summed E-state index contributed by atoms with van der Waals surface area (Å²) in [5.41, 5.74) is 6.10. The lowest BCUT2D eigenvalue weighted by Crippen LogP contribution is -2.12. The molecule has 0 saturated carbocycles. The van der Waals surface area contributed by atoms with E-state index in [4.69, 9.17) is 5.73 Å². The van der Waals surface area contributed by atoms with Crippen molar-refractivity contribution in [2.75, 3.05) is 0 Å². The number of aryl methyl sites for hydroxylation is 1. The average Bonchev–Trinajstić information content (AvgIpc) is 2.65. The summed E-state index contributed by atoms with van der Waals surface area (Å²) < 4.78 is 39.6. The molecule has 2 aromatic rings. The fraction of sp³-hybridized carbons (Fsp3) is 0.417. The maximum atomic E-state index is 12.6. The molecule has 6 heteroatoms. The van der Waals surface area contributed by atoms with Crippen molar-refractivity contribution in [3.8, 4) is 0 Å². The quantitative estimate of drug-likeness (QED) is 0.898. The number of halogens is 3. The van der Waals surface area contributed by atoms with Crippen molar-refractivity contribution in [1.29, 1.82) is 0 Å². The average molecular weight is 257 g/mol. The molecule has 1 atom stereocenters. The Balaban J connectivity index is 2.66. The number of nitrogens with two attached hydrogens (primary N) is 1. The minimum absolute atomic E-state index is 0.313. The third kappa shape index (κ3) is 2.08. The zero-order chi connectivity index (χ0) is 13.5. The van der Waals surface area contributed by atoms with Gasteiger partial charge in [-0.25, -0.2) is 4.98 Å². The van der Waals surface area contributed by atoms with Crippen molar-refractivity contribution >= 4 is 11.0 Å². The van der Waals surface area contributed by atoms with E-state index in [1.165, 1.54) is 6.07 Å². The third-order valence-electron chi connectivity index (χ3n) is 2.83. The Hall–Kier alpha value is -1.56. The van der Waals surface area contributed by atoms with Gasteiger partial charge in [0.2, 0.25) is 0 Å². The second-order valence-corrected chi connectivity index (χ2v) is 4.20. The highest BCUT2D eigenvalue weighted by Crippen LogP contribution is 2.31. The fourth-order valence-electron chi connectivity index (χ4n) is 2.00. The Labute approximate surface area is 102 Å². The fourth-order valence-corrected chi connectivity index (χ4v) is 2.00. The summed E-state index contributed by atoms with van der Waals surface area (Å²) in [4.78, 5) is 4.20. The van der Waals surface area contributed by atoms with E-state index in [0.717, 1.165) is 12.1 Å². The molecule has 3 nitrogen and oxygen atoms in total. The smallest absolute Gasteiger partial charge is 0.327 e. The lowest BCUT2D eigenvalue weighted by molar-refractivity contribution is -0.137. The molecule has 0 saturated heterocycles. The van der Waals surface area contributed by atoms with Gasteiger partial charge in [0, 0.05) is 6.54 Å². The van der Waals surface area contributed by atoms with Crippen LogP contribution in [0.5, 0.6) is 0 Å². The maximum Gasteiger partial charge on any atom is 0.416 e. The van der Waals surface area contributed by atoms with Gasteiger partial charge in [-0.3, -0.25) is 0 Å². The Bertz CT molecular complexity index is 570. The first-order chi connectivity index (χ1) is 8.34. The summed E-state index contributed by atoms with van der Waals surface area (Å²) in [5.74, 6) is 0.604. The van der Waals surface area contributed by atoms with E-state index in [9.17, 15) is 13.2 Å². The van der Waals surface area contributed by atoms with Crippen LogP contribution in [0.2, 0.25) is 0 Å². The zero-order valence-corrected chi connectivity index (χ0v) is 10.1. The molecule has 0 fully saturated rings. The van der Waals surface area contributed by atoms with Crippen LogP contribution in [0, 0.1) is 0 Å². The van der Waals surface area contributed by atoms with E-state index in [-0.39, 0.29) is 6.04 Å². The van der Waals surface area contributed by atoms with Crippen molar-refractivity contribution < 1.29 is 13.2 Å². The van der Waals surface area contributed by atoms with Crippen LogP contribution in [0.15, 0.2) is 18.2 Å². The van der Waals surface area contributed by atoms with Crippen molar-refractivity contribution in [2.24, 2.45) is 5.73 Å². The first-order valence-electron chi connectivity index (χ1n) is 5.67. The van der Waals surface area contributed by atoms with Crippen LogP contribution in [-0.2, 0) is 12.7 Å². The Morgan fingerprint density at radius 1 is 1.39 bits per heavy atom. The van der Waals surface area contributed by atoms with E-state index in [2.05, 4.69) is 4.98 Å². The predicted octanol–water partition coefficient (Wildman–Crippen LogP) is 3.09. The number of imidazole rings is 1. The van der Waals surface area contributed by atoms with E-state index < -0.39 is 11.7 Å². The number of fused-ring (bicyclic) bond motifs is 1. The minimum atomic E-state index is -4.35. The third-order valence-corrected chi connectivity index (χ3v) is 2.83. The van der Waals surface area contributed by atoms with Gasteiger partial charge < -0.3 is 10.3 Å². The normalized spacial score (nSPS) is 14.1. The second-order valence-electron chi connectivity index (χ2n) is 4.20. The van der Waals surface area contributed by atoms with Crippen LogP contribution in [0.25, 0.3) is 11.0 Å². The van der Waals surface area contributed by atoms with E-state index in [1.54, 1.807) is 6.92 Å². The topological polar surface area (TPSA) is 43.8 Å². The van der Waals surface area contributed by atoms with Gasteiger partial charge in [0.05, 0.1) is 22.6 Å². The molecular formula is C12H14F3N3. The summed E-state index contributed by atoms with van der Waals surface area (Å²) >= 11 is 0. The summed E-state index contributed by atoms with van der Waals surface area (Å²) in [5, 5.41) is 0. The Kier molecular flexibility index (Phi) is 3.06. The molecular weight excluding hydrogens is 243 g/mol. The zero-order valence-electron chi connectivity index (χ0n) is 10.1. The summed E-state index contributed by atoms with van der Waals surface area (Å²) in [6, 6.07) is 3.27. The van der Waals surface area contributed by atoms with E-state index in [1.807, 2.05) is 11.5 Å². The number of alkyl halides is 3. The molecule has 0 aliphatic heterocycles. The highest BCUT2D eigenvalue weighted by molar-refractivity contribution is 5.77. The molecule has 0 aliphatic rings. The molecule has 1 unspecified atom stereocenters. The van der Waals surface area contributed by atoms with Crippen LogP contribution < -0.4 is 5.73 Å². The summed E-state index contributed by atoms with van der Waals surface area (Å²) in [7, 11) is 0. The Morgan fingerprint density at radius 3 is 2.56 bits per heavy atom. The molecule has 1 aromatic carbocycles. The lowest BCUT2D eigenvalue weighted by atomic mass is 10.2. The summed E-state index contributed by atoms with van der Waals surface area (Å²) in [6.45, 7) is 4.29. The van der Waals surface area contributed by atoms with Gasteiger partial charge in [-0.2, -0.15) is 13.2 Å². The molecule has 98 valence electrons. The highest BCUT2D eigenvalue weighted by atomic mass is 19.4. The molecule has 0 amide bonds. The monoisotopic (exact) mass is 257 g/mol. The molecule has 0 spiro atoms. The second kappa shape index (κ2) is 4.28. The van der Waals surface area contributed by atoms with Crippen LogP contribution in [0.1, 0.15) is 31.3 Å². The van der Waals surface area contributed by atoms with E-state index in [0.29, 0.717) is 23.4 Å². The molecule has 2 N–H and O–H groups in total. The van der Waals surface area contributed by atoms with Crippen molar-refractivity contribution in [2.45, 2.75) is 32.6 Å². The molecule has 0 radical (unpaired) electrons. The number of nitrogens with zero attached hydrogens (tertiary/aromatic N) is 2. The summed E-state index contributed by atoms with van der Waals surface area (Å²) in [6.07, 6.45) is -4.35. The molecule has 1 aromatic heterocycles. The first-order valence-corrected chi connectivity index (χ1v) is 5.67. The van der Waals surface area contributed by atoms with Crippen LogP contribution in [0.4, 0.5) is 13.2 Å². The van der Waals surface area contributed by atoms with Crippen LogP contribution >= 0.6 is 0 Å². The molecule has 18 heavy (non-hydrogen) atoms. The molecule has 0 aliphatic carbocycles. The molecule has 2 rings (SSSR count). The number of hydrogen-bond donors (Lipinski definition) is 1. The van der Waals surface area contributed by atoms with Crippen LogP contribution in [0.3, 0.4) is 0 Å². The van der Waals surface area contributed by atoms with Gasteiger partial charge in [0.1, 0.15) is 5.82 Å². The number of aromatic nitrogens is 2. The highest BCUT2D eigenvalue weighted by Gasteiger charge is 2.31. The minimum Gasteiger partial charge on any atom is -0.327 e. The number of hydrogen-bond acceptors (Lipinski definition) is 2. The van der Waals surface area contributed by atoms with Gasteiger partial charge in [0.15, 0.2) is 0 Å². The Morgan fingerprint density at radius 2 is 2.06 bits per heavy atom. The van der Waals surface area contributed by atoms with Crippen molar-refractivity contribution in [1.82, 2.24) is 9.55 Å². The largest absolute Gasteiger partial charge is 0.416 e. The van der Waals surface area contributed by atoms with Gasteiger partial charge >= 0.3 is 6.18 Å². The molecule has 1 heterocycles. The van der Waals surface area contributed by atoms with Gasteiger partial charge in [-0.05, 0) is 32.0 Å². The van der Waals surface area contributed by atoms with Gasteiger partial charge in [-0.1, -0.05) is 0 Å². The first kappa shape index (κ1) is 12.9. The number of benzene rings is 1.